The lowest BCUT2D eigenvalue weighted by atomic mass is 9.89. The molecule has 2 heterocycles. The Morgan fingerprint density at radius 2 is 1.83 bits per heavy atom. The second kappa shape index (κ2) is 8.62. The molecule has 2 unspecified atom stereocenters. The van der Waals surface area contributed by atoms with Gasteiger partial charge in [0, 0.05) is 24.2 Å². The standard InChI is InChI=1S/C24H26N2O3/c1-28-22-11-6-12-23(29-2)24(22)21-10-5-8-19(16-27)26(21)15-17-13-18-7-3-4-9-20(18)25-14-17/h3-4,6-7,9,11-14,16,19,21H,5,8,10,15H2,1-2H3. The van der Waals surface area contributed by atoms with Crippen molar-refractivity contribution >= 4 is 17.2 Å². The molecule has 150 valence electrons. The van der Waals surface area contributed by atoms with E-state index in [-0.39, 0.29) is 12.1 Å². The van der Waals surface area contributed by atoms with Crippen LogP contribution in [-0.2, 0) is 11.3 Å². The molecule has 5 nitrogen and oxygen atoms in total. The molecule has 0 saturated carbocycles. The molecule has 2 atom stereocenters. The third-order valence-electron chi connectivity index (χ3n) is 5.77. The van der Waals surface area contributed by atoms with Gasteiger partial charge in [0.15, 0.2) is 0 Å². The third kappa shape index (κ3) is 3.83. The number of benzene rings is 2. The number of hydrogen-bond donors (Lipinski definition) is 0. The molecule has 2 aromatic carbocycles. The Kier molecular flexibility index (Phi) is 5.76. The molecule has 1 fully saturated rings. The fraction of sp³-hybridized carbons (Fsp3) is 0.333. The SMILES string of the molecule is COc1cccc(OC)c1C1CCCC(C=O)N1Cc1cnc2ccccc2c1. The number of carbonyl (C=O) groups is 1. The second-order valence-electron chi connectivity index (χ2n) is 7.43. The molecule has 0 spiro atoms. The number of piperidine rings is 1. The molecule has 4 rings (SSSR count). The zero-order chi connectivity index (χ0) is 20.2. The van der Waals surface area contributed by atoms with Crippen LogP contribution in [0.5, 0.6) is 11.5 Å². The summed E-state index contributed by atoms with van der Waals surface area (Å²) in [5, 5.41) is 1.11. The summed E-state index contributed by atoms with van der Waals surface area (Å²) >= 11 is 0. The Balaban J connectivity index is 1.74. The fourth-order valence-electron chi connectivity index (χ4n) is 4.39. The number of para-hydroxylation sites is 1. The van der Waals surface area contributed by atoms with E-state index in [1.54, 1.807) is 14.2 Å². The maximum absolute atomic E-state index is 11.9. The second-order valence-corrected chi connectivity index (χ2v) is 7.43. The molecule has 0 bridgehead atoms. The van der Waals surface area contributed by atoms with Crippen LogP contribution in [0.1, 0.15) is 36.4 Å². The molecule has 3 aromatic rings. The number of rotatable bonds is 6. The lowest BCUT2D eigenvalue weighted by Crippen LogP contribution is -2.42. The molecule has 1 aromatic heterocycles. The van der Waals surface area contributed by atoms with Crippen molar-refractivity contribution in [2.75, 3.05) is 14.2 Å². The van der Waals surface area contributed by atoms with Gasteiger partial charge in [-0.3, -0.25) is 9.88 Å². The van der Waals surface area contributed by atoms with E-state index in [2.05, 4.69) is 22.0 Å². The van der Waals surface area contributed by atoms with Crippen LogP contribution in [0.2, 0.25) is 0 Å². The minimum atomic E-state index is -0.144. The van der Waals surface area contributed by atoms with E-state index in [0.29, 0.717) is 6.54 Å². The van der Waals surface area contributed by atoms with Gasteiger partial charge in [0.25, 0.3) is 0 Å². The van der Waals surface area contributed by atoms with E-state index in [0.717, 1.165) is 59.1 Å². The zero-order valence-corrected chi connectivity index (χ0v) is 16.9. The maximum Gasteiger partial charge on any atom is 0.137 e. The molecule has 0 amide bonds. The van der Waals surface area contributed by atoms with Crippen LogP contribution in [0.4, 0.5) is 0 Å². The van der Waals surface area contributed by atoms with Gasteiger partial charge in [-0.05, 0) is 49.1 Å². The quantitative estimate of drug-likeness (QED) is 0.578. The first-order valence-corrected chi connectivity index (χ1v) is 10.0. The number of aldehydes is 1. The van der Waals surface area contributed by atoms with Crippen molar-refractivity contribution in [3.05, 3.63) is 65.9 Å². The van der Waals surface area contributed by atoms with Crippen molar-refractivity contribution in [2.45, 2.75) is 37.9 Å². The van der Waals surface area contributed by atoms with Crippen LogP contribution >= 0.6 is 0 Å². The smallest absolute Gasteiger partial charge is 0.137 e. The summed E-state index contributed by atoms with van der Waals surface area (Å²) < 4.78 is 11.3. The highest BCUT2D eigenvalue weighted by Gasteiger charge is 2.34. The highest BCUT2D eigenvalue weighted by Crippen LogP contribution is 2.43. The van der Waals surface area contributed by atoms with Crippen molar-refractivity contribution in [3.63, 3.8) is 0 Å². The number of nitrogens with zero attached hydrogens (tertiary/aromatic N) is 2. The van der Waals surface area contributed by atoms with Crippen LogP contribution in [0.3, 0.4) is 0 Å². The first-order chi connectivity index (χ1) is 14.2. The van der Waals surface area contributed by atoms with Crippen LogP contribution < -0.4 is 9.47 Å². The summed E-state index contributed by atoms with van der Waals surface area (Å²) in [6, 6.07) is 16.0. The van der Waals surface area contributed by atoms with Crippen molar-refractivity contribution in [1.82, 2.24) is 9.88 Å². The summed E-state index contributed by atoms with van der Waals surface area (Å²) in [7, 11) is 3.35. The number of aromatic nitrogens is 1. The van der Waals surface area contributed by atoms with Crippen LogP contribution in [0.25, 0.3) is 10.9 Å². The Bertz CT molecular complexity index is 982. The van der Waals surface area contributed by atoms with Gasteiger partial charge >= 0.3 is 0 Å². The highest BCUT2D eigenvalue weighted by atomic mass is 16.5. The molecule has 0 aliphatic carbocycles. The monoisotopic (exact) mass is 390 g/mol. The van der Waals surface area contributed by atoms with Crippen molar-refractivity contribution in [3.8, 4) is 11.5 Å². The van der Waals surface area contributed by atoms with Gasteiger partial charge in [-0.2, -0.15) is 0 Å². The molecular weight excluding hydrogens is 364 g/mol. The number of likely N-dealkylation sites (tertiary alicyclic amines) is 1. The van der Waals surface area contributed by atoms with Gasteiger partial charge in [-0.15, -0.1) is 0 Å². The fourth-order valence-corrected chi connectivity index (χ4v) is 4.39. The molecule has 1 aliphatic heterocycles. The molecular formula is C24H26N2O3. The van der Waals surface area contributed by atoms with E-state index < -0.39 is 0 Å². The van der Waals surface area contributed by atoms with Crippen LogP contribution in [0, 0.1) is 0 Å². The van der Waals surface area contributed by atoms with E-state index in [9.17, 15) is 4.79 Å². The third-order valence-corrected chi connectivity index (χ3v) is 5.77. The summed E-state index contributed by atoms with van der Waals surface area (Å²) in [4.78, 5) is 18.8. The largest absolute Gasteiger partial charge is 0.496 e. The van der Waals surface area contributed by atoms with Gasteiger partial charge in [-0.1, -0.05) is 24.3 Å². The molecule has 5 heteroatoms. The van der Waals surface area contributed by atoms with Gasteiger partial charge < -0.3 is 14.3 Å². The van der Waals surface area contributed by atoms with Gasteiger partial charge in [0.2, 0.25) is 0 Å². The Labute approximate surface area is 171 Å². The minimum absolute atomic E-state index is 0.0384. The zero-order valence-electron chi connectivity index (χ0n) is 16.9. The number of fused-ring (bicyclic) bond motifs is 1. The van der Waals surface area contributed by atoms with Crippen molar-refractivity contribution in [1.29, 1.82) is 0 Å². The minimum Gasteiger partial charge on any atom is -0.496 e. The predicted molar refractivity (Wildman–Crippen MR) is 113 cm³/mol. The van der Waals surface area contributed by atoms with Gasteiger partial charge in [0.05, 0.1) is 31.3 Å². The number of ether oxygens (including phenoxy) is 2. The summed E-state index contributed by atoms with van der Waals surface area (Å²) in [5.74, 6) is 1.59. The Morgan fingerprint density at radius 3 is 2.55 bits per heavy atom. The maximum atomic E-state index is 11.9. The molecule has 1 saturated heterocycles. The van der Waals surface area contributed by atoms with Crippen LogP contribution in [0.15, 0.2) is 54.7 Å². The van der Waals surface area contributed by atoms with Crippen molar-refractivity contribution in [2.24, 2.45) is 0 Å². The van der Waals surface area contributed by atoms with Crippen molar-refractivity contribution < 1.29 is 14.3 Å². The average molecular weight is 390 g/mol. The normalized spacial score (nSPS) is 19.8. The Morgan fingerprint density at radius 1 is 1.07 bits per heavy atom. The van der Waals surface area contributed by atoms with Gasteiger partial charge in [0.1, 0.15) is 17.8 Å². The molecule has 0 N–H and O–H groups in total. The molecule has 29 heavy (non-hydrogen) atoms. The average Bonchev–Trinajstić information content (AvgIpc) is 2.78. The van der Waals surface area contributed by atoms with E-state index in [4.69, 9.17) is 9.47 Å². The lowest BCUT2D eigenvalue weighted by molar-refractivity contribution is -0.115. The summed E-state index contributed by atoms with van der Waals surface area (Å²) in [5.41, 5.74) is 3.08. The first kappa shape index (κ1) is 19.4. The lowest BCUT2D eigenvalue weighted by Gasteiger charge is -2.41. The first-order valence-electron chi connectivity index (χ1n) is 10.0. The number of hydrogen-bond acceptors (Lipinski definition) is 5. The number of carbonyl (C=O) groups excluding carboxylic acids is 1. The summed E-state index contributed by atoms with van der Waals surface area (Å²) in [6.07, 6.45) is 5.78. The summed E-state index contributed by atoms with van der Waals surface area (Å²) in [6.45, 7) is 0.646. The Hall–Kier alpha value is -2.92. The highest BCUT2D eigenvalue weighted by molar-refractivity contribution is 5.78. The van der Waals surface area contributed by atoms with E-state index in [1.165, 1.54) is 0 Å². The molecule has 1 aliphatic rings. The topological polar surface area (TPSA) is 51.7 Å². The van der Waals surface area contributed by atoms with E-state index in [1.807, 2.05) is 42.6 Å². The van der Waals surface area contributed by atoms with Crippen LogP contribution in [-0.4, -0.2) is 36.4 Å². The predicted octanol–water partition coefficient (Wildman–Crippen LogP) is 4.55. The number of methoxy groups -OCH3 is 2. The van der Waals surface area contributed by atoms with Gasteiger partial charge in [-0.25, -0.2) is 0 Å². The molecule has 0 radical (unpaired) electrons. The van der Waals surface area contributed by atoms with E-state index >= 15 is 0 Å². The number of pyridine rings is 1.